The summed E-state index contributed by atoms with van der Waals surface area (Å²) in [5.41, 5.74) is 0.300. The number of carbonyl (C=O) groups is 3. The second-order valence-corrected chi connectivity index (χ2v) is 11.9. The molecule has 1 saturated heterocycles. The van der Waals surface area contributed by atoms with E-state index in [0.717, 1.165) is 50.6 Å². The minimum Gasteiger partial charge on any atom is -0.480 e. The van der Waals surface area contributed by atoms with Crippen molar-refractivity contribution in [3.05, 3.63) is 11.8 Å². The predicted molar refractivity (Wildman–Crippen MR) is 142 cm³/mol. The van der Waals surface area contributed by atoms with E-state index in [1.807, 2.05) is 40.7 Å². The summed E-state index contributed by atoms with van der Waals surface area (Å²) >= 11 is 0. The van der Waals surface area contributed by atoms with Crippen molar-refractivity contribution in [3.63, 3.8) is 0 Å². The zero-order valence-electron chi connectivity index (χ0n) is 22.8. The fraction of sp³-hybridized carbons (Fsp3) is 0.786. The van der Waals surface area contributed by atoms with Crippen LogP contribution in [0, 0.1) is 23.2 Å². The third-order valence-electron chi connectivity index (χ3n) is 8.36. The van der Waals surface area contributed by atoms with Crippen LogP contribution in [0.15, 0.2) is 16.8 Å². The van der Waals surface area contributed by atoms with Crippen LogP contribution < -0.4 is 10.6 Å². The van der Waals surface area contributed by atoms with Gasteiger partial charge in [0.1, 0.15) is 12.1 Å². The van der Waals surface area contributed by atoms with Crippen LogP contribution in [0.1, 0.15) is 86.0 Å². The number of hydrogen-bond donors (Lipinski definition) is 3. The maximum absolute atomic E-state index is 13.9. The van der Waals surface area contributed by atoms with Crippen LogP contribution >= 0.6 is 0 Å². The number of hydrogen-bond acceptors (Lipinski definition) is 5. The Balaban J connectivity index is 1.81. The van der Waals surface area contributed by atoms with Gasteiger partial charge in [0.25, 0.3) is 0 Å². The molecule has 3 rings (SSSR count). The van der Waals surface area contributed by atoms with E-state index in [1.54, 1.807) is 11.1 Å². The summed E-state index contributed by atoms with van der Waals surface area (Å²) in [5, 5.41) is 16.5. The zero-order valence-corrected chi connectivity index (χ0v) is 22.8. The number of carbonyl (C=O) groups excluding carboxylic acids is 2. The average Bonchev–Trinajstić information content (AvgIpc) is 3.42. The first-order valence-electron chi connectivity index (χ1n) is 13.8. The minimum absolute atomic E-state index is 0.0118. The maximum atomic E-state index is 13.9. The molecule has 202 valence electrons. The molecule has 36 heavy (non-hydrogen) atoms. The summed E-state index contributed by atoms with van der Waals surface area (Å²) in [6.45, 7) is 10.5. The molecule has 3 aliphatic rings. The quantitative estimate of drug-likeness (QED) is 0.416. The highest BCUT2D eigenvalue weighted by Crippen LogP contribution is 2.43. The van der Waals surface area contributed by atoms with Crippen molar-refractivity contribution >= 4 is 24.0 Å². The molecule has 2 amide bonds. The molecule has 3 N–H and O–H groups in total. The molecule has 3 fully saturated rings. The Bertz CT molecular complexity index is 856. The molecule has 0 aromatic rings. The van der Waals surface area contributed by atoms with Crippen LogP contribution in [-0.2, 0) is 14.4 Å². The first-order valence-corrected chi connectivity index (χ1v) is 13.8. The summed E-state index contributed by atoms with van der Waals surface area (Å²) in [5.74, 6) is -0.953. The van der Waals surface area contributed by atoms with Crippen LogP contribution in [0.5, 0.6) is 0 Å². The molecule has 8 nitrogen and oxygen atoms in total. The third kappa shape index (κ3) is 6.55. The highest BCUT2D eigenvalue weighted by atomic mass is 16.4. The summed E-state index contributed by atoms with van der Waals surface area (Å²) in [6, 6.07) is -2.03. The molecule has 1 heterocycles. The van der Waals surface area contributed by atoms with Crippen LogP contribution in [0.2, 0.25) is 0 Å². The van der Waals surface area contributed by atoms with Crippen LogP contribution in [-0.4, -0.2) is 65.2 Å². The van der Waals surface area contributed by atoms with Gasteiger partial charge in [-0.15, -0.1) is 0 Å². The monoisotopic (exact) mass is 502 g/mol. The average molecular weight is 503 g/mol. The van der Waals surface area contributed by atoms with Gasteiger partial charge >= 0.3 is 5.97 Å². The van der Waals surface area contributed by atoms with Gasteiger partial charge in [0, 0.05) is 25.0 Å². The van der Waals surface area contributed by atoms with Crippen LogP contribution in [0.25, 0.3) is 0 Å². The van der Waals surface area contributed by atoms with Crippen molar-refractivity contribution in [1.82, 2.24) is 15.5 Å². The number of aliphatic carboxylic acids is 1. The molecule has 0 aromatic heterocycles. The highest BCUT2D eigenvalue weighted by Gasteiger charge is 2.52. The first-order chi connectivity index (χ1) is 17.1. The van der Waals surface area contributed by atoms with Gasteiger partial charge in [-0.25, -0.2) is 4.79 Å². The SMILES string of the molecule is C/C=N\C(=C/C)CN[C@H](C(=O)NC(C(=O)N1CC2CCCC2[C@H]1C(=O)O)C(C)(C)C)C1CCCCC1. The number of carboxylic acid groups (broad SMARTS) is 1. The Morgan fingerprint density at radius 3 is 2.33 bits per heavy atom. The molecule has 0 spiro atoms. The zero-order chi connectivity index (χ0) is 26.5. The minimum atomic E-state index is -0.936. The summed E-state index contributed by atoms with van der Waals surface area (Å²) < 4.78 is 0. The van der Waals surface area contributed by atoms with E-state index in [4.69, 9.17) is 0 Å². The topological polar surface area (TPSA) is 111 Å². The van der Waals surface area contributed by atoms with E-state index >= 15 is 0 Å². The molecule has 0 aromatic carbocycles. The largest absolute Gasteiger partial charge is 0.480 e. The summed E-state index contributed by atoms with van der Waals surface area (Å²) in [6.07, 6.45) is 11.8. The fourth-order valence-corrected chi connectivity index (χ4v) is 6.44. The first kappa shape index (κ1) is 28.4. The lowest BCUT2D eigenvalue weighted by Gasteiger charge is -2.37. The number of rotatable bonds is 9. The van der Waals surface area contributed by atoms with Gasteiger partial charge in [0.15, 0.2) is 0 Å². The number of nitrogens with one attached hydrogen (secondary N) is 2. The molecule has 8 heteroatoms. The van der Waals surface area contributed by atoms with Gasteiger partial charge in [-0.1, -0.05) is 52.5 Å². The smallest absolute Gasteiger partial charge is 0.326 e. The summed E-state index contributed by atoms with van der Waals surface area (Å²) in [7, 11) is 0. The Labute approximate surface area is 216 Å². The molecule has 2 saturated carbocycles. The number of likely N-dealkylation sites (tertiary alicyclic amines) is 1. The standard InChI is InChI=1S/C28H46N4O4/c1-6-20(29-7-2)16-30-22(18-12-9-8-10-13-18)25(33)31-24(28(3,4)5)26(34)32-17-19-14-11-15-21(19)23(32)27(35)36/h6-7,18-19,21-24,30H,8-17H2,1-5H3,(H,31,33)(H,35,36)/b20-6-,29-7-/t19?,21?,22-,23-,24?/m0/s1. The Kier molecular flexibility index (Phi) is 9.72. The number of allylic oxidation sites excluding steroid dienone is 1. The molecule has 0 radical (unpaired) electrons. The van der Waals surface area contributed by atoms with E-state index in [2.05, 4.69) is 15.6 Å². The fourth-order valence-electron chi connectivity index (χ4n) is 6.44. The van der Waals surface area contributed by atoms with E-state index < -0.39 is 29.5 Å². The van der Waals surface area contributed by atoms with Crippen LogP contribution in [0.4, 0.5) is 0 Å². The molecular weight excluding hydrogens is 456 g/mol. The molecule has 2 aliphatic carbocycles. The van der Waals surface area contributed by atoms with E-state index in [0.29, 0.717) is 13.1 Å². The van der Waals surface area contributed by atoms with Crippen molar-refractivity contribution < 1.29 is 19.5 Å². The van der Waals surface area contributed by atoms with Gasteiger partial charge in [-0.05, 0) is 62.7 Å². The molecule has 0 bridgehead atoms. The van der Waals surface area contributed by atoms with E-state index in [-0.39, 0.29) is 29.6 Å². The van der Waals surface area contributed by atoms with Gasteiger partial charge < -0.3 is 15.3 Å². The highest BCUT2D eigenvalue weighted by molar-refractivity contribution is 5.93. The Morgan fingerprint density at radius 2 is 1.75 bits per heavy atom. The second kappa shape index (κ2) is 12.3. The lowest BCUT2D eigenvalue weighted by molar-refractivity contribution is -0.152. The van der Waals surface area contributed by atoms with E-state index in [9.17, 15) is 19.5 Å². The Hall–Kier alpha value is -2.22. The van der Waals surface area contributed by atoms with E-state index in [1.165, 1.54) is 6.42 Å². The molecule has 5 atom stereocenters. The number of aliphatic imine (C=N–C) groups is 1. The molecule has 3 unspecified atom stereocenters. The lowest BCUT2D eigenvalue weighted by atomic mass is 9.82. The lowest BCUT2D eigenvalue weighted by Crippen LogP contribution is -2.61. The number of carboxylic acids is 1. The van der Waals surface area contributed by atoms with Crippen molar-refractivity contribution in [3.8, 4) is 0 Å². The van der Waals surface area contributed by atoms with Crippen molar-refractivity contribution in [2.45, 2.75) is 104 Å². The van der Waals surface area contributed by atoms with Crippen molar-refractivity contribution in [2.24, 2.45) is 28.2 Å². The maximum Gasteiger partial charge on any atom is 0.326 e. The predicted octanol–water partition coefficient (Wildman–Crippen LogP) is 3.76. The van der Waals surface area contributed by atoms with Crippen molar-refractivity contribution in [2.75, 3.05) is 13.1 Å². The Morgan fingerprint density at radius 1 is 1.06 bits per heavy atom. The normalized spacial score (nSPS) is 27.2. The number of nitrogens with zero attached hydrogens (tertiary/aromatic N) is 2. The number of fused-ring (bicyclic) bond motifs is 1. The number of amides is 2. The molecule has 1 aliphatic heterocycles. The third-order valence-corrected chi connectivity index (χ3v) is 8.36. The van der Waals surface area contributed by atoms with Gasteiger partial charge in [0.05, 0.1) is 6.04 Å². The van der Waals surface area contributed by atoms with Gasteiger partial charge in [-0.2, -0.15) is 0 Å². The summed E-state index contributed by atoms with van der Waals surface area (Å²) in [4.78, 5) is 45.8. The second-order valence-electron chi connectivity index (χ2n) is 11.9. The van der Waals surface area contributed by atoms with Gasteiger partial charge in [0.2, 0.25) is 11.8 Å². The van der Waals surface area contributed by atoms with Crippen molar-refractivity contribution in [1.29, 1.82) is 0 Å². The van der Waals surface area contributed by atoms with Crippen LogP contribution in [0.3, 0.4) is 0 Å². The van der Waals surface area contributed by atoms with Gasteiger partial charge in [-0.3, -0.25) is 19.9 Å². The molecular formula is C28H46N4O4.